The van der Waals surface area contributed by atoms with E-state index in [1.165, 1.54) is 19.2 Å². The Morgan fingerprint density at radius 3 is 2.71 bits per heavy atom. The van der Waals surface area contributed by atoms with Crippen LogP contribution in [0.15, 0.2) is 23.4 Å². The van der Waals surface area contributed by atoms with Crippen molar-refractivity contribution in [3.05, 3.63) is 35.1 Å². The molecule has 0 saturated carbocycles. The first-order chi connectivity index (χ1) is 8.01. The van der Waals surface area contributed by atoms with Crippen LogP contribution in [0.4, 0.5) is 4.39 Å². The summed E-state index contributed by atoms with van der Waals surface area (Å²) in [6.07, 6.45) is 0. The first-order valence-corrected chi connectivity index (χ1v) is 4.62. The Labute approximate surface area is 96.7 Å². The number of hydrogen-bond acceptors (Lipinski definition) is 5. The van der Waals surface area contributed by atoms with E-state index >= 15 is 0 Å². The van der Waals surface area contributed by atoms with E-state index in [4.69, 9.17) is 16.7 Å². The van der Waals surface area contributed by atoms with Gasteiger partial charge < -0.3 is 21.4 Å². The van der Waals surface area contributed by atoms with Crippen molar-refractivity contribution < 1.29 is 19.1 Å². The number of hydrogen-bond donors (Lipinski definition) is 3. The molecular formula is C10H12FN3O3. The first kappa shape index (κ1) is 12.9. The van der Waals surface area contributed by atoms with E-state index in [2.05, 4.69) is 9.89 Å². The molecule has 7 heteroatoms. The Balaban J connectivity index is 3.10. The highest BCUT2D eigenvalue weighted by Gasteiger charge is 2.17. The Kier molecular flexibility index (Phi) is 4.00. The van der Waals surface area contributed by atoms with Crippen molar-refractivity contribution in [2.45, 2.75) is 6.04 Å². The van der Waals surface area contributed by atoms with E-state index in [1.54, 1.807) is 0 Å². The first-order valence-electron chi connectivity index (χ1n) is 4.62. The molecule has 1 aromatic rings. The molecule has 92 valence electrons. The van der Waals surface area contributed by atoms with Crippen LogP contribution in [-0.2, 0) is 4.74 Å². The van der Waals surface area contributed by atoms with Crippen LogP contribution in [0.25, 0.3) is 0 Å². The predicted molar refractivity (Wildman–Crippen MR) is 58.1 cm³/mol. The summed E-state index contributed by atoms with van der Waals surface area (Å²) in [7, 11) is 1.19. The average Bonchev–Trinajstić information content (AvgIpc) is 2.35. The maximum absolute atomic E-state index is 13.6. The molecule has 1 atom stereocenters. The second kappa shape index (κ2) is 5.26. The van der Waals surface area contributed by atoms with Crippen molar-refractivity contribution in [3.8, 4) is 0 Å². The van der Waals surface area contributed by atoms with Gasteiger partial charge in [0.05, 0.1) is 18.7 Å². The lowest BCUT2D eigenvalue weighted by Crippen LogP contribution is -2.29. The molecule has 1 unspecified atom stereocenters. The van der Waals surface area contributed by atoms with E-state index in [-0.39, 0.29) is 17.0 Å². The molecule has 17 heavy (non-hydrogen) atoms. The van der Waals surface area contributed by atoms with E-state index in [1.807, 2.05) is 0 Å². The van der Waals surface area contributed by atoms with Crippen molar-refractivity contribution in [2.24, 2.45) is 16.6 Å². The van der Waals surface area contributed by atoms with Crippen molar-refractivity contribution in [1.82, 2.24) is 0 Å². The number of methoxy groups -OCH3 is 1. The zero-order chi connectivity index (χ0) is 13.0. The number of rotatable bonds is 3. The zero-order valence-corrected chi connectivity index (χ0v) is 9.05. The predicted octanol–water partition coefficient (Wildman–Crippen LogP) is 0.358. The van der Waals surface area contributed by atoms with Gasteiger partial charge >= 0.3 is 5.97 Å². The number of carbonyl (C=O) groups excluding carboxylic acids is 1. The topological polar surface area (TPSA) is 111 Å². The van der Waals surface area contributed by atoms with Gasteiger partial charge in [-0.3, -0.25) is 0 Å². The second-order valence-electron chi connectivity index (χ2n) is 3.23. The van der Waals surface area contributed by atoms with Crippen LogP contribution in [0.5, 0.6) is 0 Å². The van der Waals surface area contributed by atoms with E-state index in [9.17, 15) is 9.18 Å². The monoisotopic (exact) mass is 241 g/mol. The Bertz CT molecular complexity index is 462. The molecule has 0 aliphatic carbocycles. The summed E-state index contributed by atoms with van der Waals surface area (Å²) in [6.45, 7) is 0. The van der Waals surface area contributed by atoms with E-state index in [0.29, 0.717) is 0 Å². The molecule has 5 N–H and O–H groups in total. The Morgan fingerprint density at radius 2 is 2.24 bits per heavy atom. The fourth-order valence-electron chi connectivity index (χ4n) is 1.25. The van der Waals surface area contributed by atoms with Crippen molar-refractivity contribution >= 4 is 11.8 Å². The fraction of sp³-hybridized carbons (Fsp3) is 0.200. The van der Waals surface area contributed by atoms with Crippen LogP contribution >= 0.6 is 0 Å². The summed E-state index contributed by atoms with van der Waals surface area (Å²) in [5.74, 6) is -1.71. The summed E-state index contributed by atoms with van der Waals surface area (Å²) in [5.41, 5.74) is 10.9. The number of amidine groups is 1. The minimum atomic E-state index is -1.08. The van der Waals surface area contributed by atoms with E-state index in [0.717, 1.165) is 6.07 Å². The molecular weight excluding hydrogens is 229 g/mol. The number of carbonyl (C=O) groups is 1. The minimum absolute atomic E-state index is 0.0213. The number of halogens is 1. The van der Waals surface area contributed by atoms with Gasteiger partial charge in [0.25, 0.3) is 0 Å². The highest BCUT2D eigenvalue weighted by atomic mass is 19.1. The molecule has 1 rings (SSSR count). The number of ether oxygens (including phenoxy) is 1. The number of nitrogens with two attached hydrogens (primary N) is 2. The molecule has 0 aliphatic heterocycles. The maximum Gasteiger partial charge on any atom is 0.337 e. The number of nitrogens with zero attached hydrogens (tertiary/aromatic N) is 1. The lowest BCUT2D eigenvalue weighted by atomic mass is 10.0. The Morgan fingerprint density at radius 1 is 1.59 bits per heavy atom. The molecule has 0 saturated heterocycles. The molecule has 0 bridgehead atoms. The third kappa shape index (κ3) is 2.70. The molecule has 0 aliphatic rings. The van der Waals surface area contributed by atoms with Gasteiger partial charge in [0.15, 0.2) is 5.84 Å². The molecule has 0 amide bonds. The van der Waals surface area contributed by atoms with E-state index < -0.39 is 17.8 Å². The van der Waals surface area contributed by atoms with Gasteiger partial charge in [0.1, 0.15) is 5.82 Å². The van der Waals surface area contributed by atoms with Gasteiger partial charge in [0, 0.05) is 5.56 Å². The van der Waals surface area contributed by atoms with Crippen LogP contribution in [0, 0.1) is 5.82 Å². The van der Waals surface area contributed by atoms with Crippen LogP contribution in [0.2, 0.25) is 0 Å². The number of benzene rings is 1. The van der Waals surface area contributed by atoms with Crippen molar-refractivity contribution in [1.29, 1.82) is 0 Å². The Hall–Kier alpha value is -2.15. The summed E-state index contributed by atoms with van der Waals surface area (Å²) in [4.78, 5) is 11.1. The third-order valence-corrected chi connectivity index (χ3v) is 2.19. The molecule has 1 aromatic carbocycles. The molecule has 0 heterocycles. The normalized spacial score (nSPS) is 13.2. The molecule has 0 aromatic heterocycles. The standard InChI is InChI=1S/C10H12FN3O3/c1-17-10(15)5-2-3-6(7(11)4-5)8(12)9(13)14-16/h2-4,8,16H,12H2,1H3,(H2,13,14). The van der Waals surface area contributed by atoms with Gasteiger partial charge in [0.2, 0.25) is 0 Å². The number of oxime groups is 1. The van der Waals surface area contributed by atoms with Crippen LogP contribution < -0.4 is 11.5 Å². The minimum Gasteiger partial charge on any atom is -0.465 e. The number of esters is 1. The lowest BCUT2D eigenvalue weighted by molar-refractivity contribution is 0.0600. The van der Waals surface area contributed by atoms with Gasteiger partial charge in [-0.2, -0.15) is 0 Å². The summed E-state index contributed by atoms with van der Waals surface area (Å²) in [6, 6.07) is 2.52. The van der Waals surface area contributed by atoms with Gasteiger partial charge in [-0.1, -0.05) is 11.2 Å². The summed E-state index contributed by atoms with van der Waals surface area (Å²) < 4.78 is 18.0. The maximum atomic E-state index is 13.6. The smallest absolute Gasteiger partial charge is 0.337 e. The molecule has 0 spiro atoms. The fourth-order valence-corrected chi connectivity index (χ4v) is 1.25. The molecule has 6 nitrogen and oxygen atoms in total. The lowest BCUT2D eigenvalue weighted by Gasteiger charge is -2.11. The van der Waals surface area contributed by atoms with Crippen LogP contribution in [-0.4, -0.2) is 24.1 Å². The SMILES string of the molecule is COC(=O)c1ccc(C(N)/C(N)=N/O)c(F)c1. The van der Waals surface area contributed by atoms with Crippen molar-refractivity contribution in [3.63, 3.8) is 0 Å². The van der Waals surface area contributed by atoms with Gasteiger partial charge in [-0.05, 0) is 12.1 Å². The molecule has 0 fully saturated rings. The summed E-state index contributed by atoms with van der Waals surface area (Å²) >= 11 is 0. The zero-order valence-electron chi connectivity index (χ0n) is 9.05. The van der Waals surface area contributed by atoms with Gasteiger partial charge in [-0.25, -0.2) is 9.18 Å². The average molecular weight is 241 g/mol. The van der Waals surface area contributed by atoms with Crippen LogP contribution in [0.1, 0.15) is 22.0 Å². The van der Waals surface area contributed by atoms with Crippen LogP contribution in [0.3, 0.4) is 0 Å². The summed E-state index contributed by atoms with van der Waals surface area (Å²) in [5, 5.41) is 11.1. The highest BCUT2D eigenvalue weighted by molar-refractivity contribution is 5.90. The largest absolute Gasteiger partial charge is 0.465 e. The second-order valence-corrected chi connectivity index (χ2v) is 3.23. The highest BCUT2D eigenvalue weighted by Crippen LogP contribution is 2.17. The van der Waals surface area contributed by atoms with Gasteiger partial charge in [-0.15, -0.1) is 0 Å². The van der Waals surface area contributed by atoms with Crippen molar-refractivity contribution in [2.75, 3.05) is 7.11 Å². The molecule has 0 radical (unpaired) electrons. The third-order valence-electron chi connectivity index (χ3n) is 2.19. The quantitative estimate of drug-likeness (QED) is 0.232.